The lowest BCUT2D eigenvalue weighted by Crippen LogP contribution is -1.86. The van der Waals surface area contributed by atoms with E-state index < -0.39 is 11.6 Å². The fourth-order valence-electron chi connectivity index (χ4n) is 0.751. The monoisotopic (exact) mass is 174 g/mol. The number of benzene rings is 1. The van der Waals surface area contributed by atoms with E-state index in [1.165, 1.54) is 17.8 Å². The summed E-state index contributed by atoms with van der Waals surface area (Å²) in [6.07, 6.45) is 0. The predicted molar refractivity (Wildman–Crippen MR) is 42.8 cm³/mol. The standard InChI is InChI=1S/C8H8F2S/c1-2-11-7-5-3-4-6(9)8(7)10/h3-5H,2H2,1H3. The predicted octanol–water partition coefficient (Wildman–Crippen LogP) is 3.08. The van der Waals surface area contributed by atoms with Crippen molar-refractivity contribution in [3.05, 3.63) is 29.8 Å². The Hall–Kier alpha value is -0.570. The lowest BCUT2D eigenvalue weighted by molar-refractivity contribution is 0.491. The van der Waals surface area contributed by atoms with E-state index in [9.17, 15) is 8.78 Å². The van der Waals surface area contributed by atoms with Gasteiger partial charge < -0.3 is 0 Å². The molecule has 0 heterocycles. The second-order valence-electron chi connectivity index (χ2n) is 1.98. The van der Waals surface area contributed by atoms with Crippen LogP contribution in [0.1, 0.15) is 6.92 Å². The number of hydrogen-bond donors (Lipinski definition) is 0. The third kappa shape index (κ3) is 1.93. The van der Waals surface area contributed by atoms with Crippen LogP contribution in [0.2, 0.25) is 0 Å². The molecule has 0 aliphatic rings. The van der Waals surface area contributed by atoms with Gasteiger partial charge in [0, 0.05) is 4.90 Å². The second-order valence-corrected chi connectivity index (χ2v) is 3.29. The topological polar surface area (TPSA) is 0 Å². The minimum atomic E-state index is -0.775. The van der Waals surface area contributed by atoms with Crippen LogP contribution in [-0.2, 0) is 0 Å². The molecule has 0 nitrogen and oxygen atoms in total. The van der Waals surface area contributed by atoms with E-state index in [-0.39, 0.29) is 0 Å². The minimum absolute atomic E-state index is 0.382. The average molecular weight is 174 g/mol. The van der Waals surface area contributed by atoms with Gasteiger partial charge in [0.05, 0.1) is 0 Å². The van der Waals surface area contributed by atoms with Crippen LogP contribution in [0.15, 0.2) is 23.1 Å². The quantitative estimate of drug-likeness (QED) is 0.621. The molecule has 60 valence electrons. The molecule has 0 saturated heterocycles. The zero-order valence-electron chi connectivity index (χ0n) is 6.10. The molecule has 0 aliphatic carbocycles. The molecule has 0 amide bonds. The first-order valence-electron chi connectivity index (χ1n) is 3.32. The van der Waals surface area contributed by atoms with Gasteiger partial charge in [-0.1, -0.05) is 13.0 Å². The Morgan fingerprint density at radius 2 is 2.09 bits per heavy atom. The molecule has 1 rings (SSSR count). The van der Waals surface area contributed by atoms with Crippen molar-refractivity contribution in [2.24, 2.45) is 0 Å². The Bertz CT molecular complexity index is 248. The maximum Gasteiger partial charge on any atom is 0.172 e. The smallest absolute Gasteiger partial charge is 0.172 e. The summed E-state index contributed by atoms with van der Waals surface area (Å²) in [5, 5.41) is 0. The Labute approximate surface area is 68.6 Å². The first-order chi connectivity index (χ1) is 5.25. The van der Waals surface area contributed by atoms with Gasteiger partial charge in [0.2, 0.25) is 0 Å². The summed E-state index contributed by atoms with van der Waals surface area (Å²) in [5.74, 6) is -0.761. The van der Waals surface area contributed by atoms with Crippen molar-refractivity contribution in [3.63, 3.8) is 0 Å². The Kier molecular flexibility index (Phi) is 2.88. The second kappa shape index (κ2) is 3.72. The van der Waals surface area contributed by atoms with Gasteiger partial charge in [-0.3, -0.25) is 0 Å². The summed E-state index contributed by atoms with van der Waals surface area (Å²) in [6.45, 7) is 1.90. The van der Waals surface area contributed by atoms with E-state index in [0.29, 0.717) is 4.90 Å². The van der Waals surface area contributed by atoms with Crippen molar-refractivity contribution in [3.8, 4) is 0 Å². The highest BCUT2D eigenvalue weighted by atomic mass is 32.2. The summed E-state index contributed by atoms with van der Waals surface area (Å²) in [4.78, 5) is 0.382. The first-order valence-corrected chi connectivity index (χ1v) is 4.31. The Balaban J connectivity index is 2.96. The first kappa shape index (κ1) is 8.53. The van der Waals surface area contributed by atoms with Gasteiger partial charge in [0.1, 0.15) is 0 Å². The van der Waals surface area contributed by atoms with Crippen LogP contribution in [0.25, 0.3) is 0 Å². The van der Waals surface area contributed by atoms with E-state index in [4.69, 9.17) is 0 Å². The average Bonchev–Trinajstić information content (AvgIpc) is 1.99. The van der Waals surface area contributed by atoms with E-state index >= 15 is 0 Å². The van der Waals surface area contributed by atoms with E-state index in [1.54, 1.807) is 6.07 Å². The molecule has 0 N–H and O–H groups in total. The molecule has 0 aromatic heterocycles. The van der Waals surface area contributed by atoms with Crippen LogP contribution in [0, 0.1) is 11.6 Å². The molecule has 0 bridgehead atoms. The maximum absolute atomic E-state index is 12.8. The molecule has 1 aromatic rings. The largest absolute Gasteiger partial charge is 0.204 e. The lowest BCUT2D eigenvalue weighted by Gasteiger charge is -1.99. The summed E-state index contributed by atoms with van der Waals surface area (Å²) in [7, 11) is 0. The molecule has 3 heteroatoms. The van der Waals surface area contributed by atoms with Crippen molar-refractivity contribution in [1.29, 1.82) is 0 Å². The van der Waals surface area contributed by atoms with Crippen molar-refractivity contribution in [1.82, 2.24) is 0 Å². The highest BCUT2D eigenvalue weighted by molar-refractivity contribution is 7.99. The molecule has 11 heavy (non-hydrogen) atoms. The van der Waals surface area contributed by atoms with Gasteiger partial charge in [0.25, 0.3) is 0 Å². The molecule has 0 fully saturated rings. The highest BCUT2D eigenvalue weighted by Gasteiger charge is 2.05. The summed E-state index contributed by atoms with van der Waals surface area (Å²) >= 11 is 1.30. The Morgan fingerprint density at radius 3 is 2.73 bits per heavy atom. The van der Waals surface area contributed by atoms with Gasteiger partial charge in [0.15, 0.2) is 11.6 Å². The minimum Gasteiger partial charge on any atom is -0.204 e. The van der Waals surface area contributed by atoms with E-state index in [1.807, 2.05) is 6.92 Å². The highest BCUT2D eigenvalue weighted by Crippen LogP contribution is 2.22. The van der Waals surface area contributed by atoms with Gasteiger partial charge >= 0.3 is 0 Å². The molecule has 1 aromatic carbocycles. The van der Waals surface area contributed by atoms with Crippen LogP contribution in [-0.4, -0.2) is 5.75 Å². The fourth-order valence-corrected chi connectivity index (χ4v) is 1.46. The Morgan fingerprint density at radius 1 is 1.36 bits per heavy atom. The fraction of sp³-hybridized carbons (Fsp3) is 0.250. The summed E-state index contributed by atoms with van der Waals surface area (Å²) < 4.78 is 25.3. The van der Waals surface area contributed by atoms with Crippen LogP contribution in [0.5, 0.6) is 0 Å². The number of rotatable bonds is 2. The van der Waals surface area contributed by atoms with Crippen LogP contribution >= 0.6 is 11.8 Å². The third-order valence-corrected chi connectivity index (χ3v) is 2.13. The molecule has 0 aliphatic heterocycles. The van der Waals surface area contributed by atoms with Crippen molar-refractivity contribution in [2.75, 3.05) is 5.75 Å². The van der Waals surface area contributed by atoms with Crippen molar-refractivity contribution in [2.45, 2.75) is 11.8 Å². The van der Waals surface area contributed by atoms with Crippen LogP contribution in [0.3, 0.4) is 0 Å². The summed E-state index contributed by atoms with van der Waals surface area (Å²) in [6, 6.07) is 4.21. The molecule has 0 radical (unpaired) electrons. The SMILES string of the molecule is CCSc1cccc(F)c1F. The van der Waals surface area contributed by atoms with Gasteiger partial charge in [-0.05, 0) is 17.9 Å². The lowest BCUT2D eigenvalue weighted by atomic mass is 10.3. The van der Waals surface area contributed by atoms with Gasteiger partial charge in [-0.2, -0.15) is 0 Å². The summed E-state index contributed by atoms with van der Waals surface area (Å²) in [5.41, 5.74) is 0. The van der Waals surface area contributed by atoms with Gasteiger partial charge in [-0.25, -0.2) is 8.78 Å². The van der Waals surface area contributed by atoms with Gasteiger partial charge in [-0.15, -0.1) is 11.8 Å². The number of thioether (sulfide) groups is 1. The molecular weight excluding hydrogens is 166 g/mol. The molecule has 0 atom stereocenters. The molecule has 0 unspecified atom stereocenters. The normalized spacial score (nSPS) is 10.1. The molecule has 0 saturated carbocycles. The zero-order chi connectivity index (χ0) is 8.27. The van der Waals surface area contributed by atoms with E-state index in [2.05, 4.69) is 0 Å². The van der Waals surface area contributed by atoms with Crippen LogP contribution in [0.4, 0.5) is 8.78 Å². The van der Waals surface area contributed by atoms with Crippen molar-refractivity contribution >= 4 is 11.8 Å². The van der Waals surface area contributed by atoms with Crippen molar-refractivity contribution < 1.29 is 8.78 Å². The van der Waals surface area contributed by atoms with E-state index in [0.717, 1.165) is 11.8 Å². The number of halogens is 2. The number of hydrogen-bond acceptors (Lipinski definition) is 1. The van der Waals surface area contributed by atoms with Crippen LogP contribution < -0.4 is 0 Å². The maximum atomic E-state index is 12.8. The molecule has 0 spiro atoms. The zero-order valence-corrected chi connectivity index (χ0v) is 6.92. The molecular formula is C8H8F2S. The third-order valence-electron chi connectivity index (χ3n) is 1.22.